The lowest BCUT2D eigenvalue weighted by Crippen LogP contribution is -2.35. The van der Waals surface area contributed by atoms with Gasteiger partial charge in [0.05, 0.1) is 4.92 Å². The van der Waals surface area contributed by atoms with Gasteiger partial charge < -0.3 is 5.32 Å². The van der Waals surface area contributed by atoms with Gasteiger partial charge in [0.15, 0.2) is 0 Å². The lowest BCUT2D eigenvalue weighted by Gasteiger charge is -2.25. The highest BCUT2D eigenvalue weighted by atomic mass is 16.6. The van der Waals surface area contributed by atoms with Crippen LogP contribution in [0.15, 0.2) is 48.5 Å². The molecule has 1 aliphatic carbocycles. The van der Waals surface area contributed by atoms with Crippen LogP contribution < -0.4 is 5.32 Å². The van der Waals surface area contributed by atoms with E-state index in [1.807, 2.05) is 12.1 Å². The zero-order chi connectivity index (χ0) is 15.4. The molecule has 2 aromatic carbocycles. The first-order valence-corrected chi connectivity index (χ1v) is 7.76. The van der Waals surface area contributed by atoms with Gasteiger partial charge in [-0.2, -0.15) is 0 Å². The molecule has 1 N–H and O–H groups in total. The number of benzene rings is 2. The Bertz CT molecular complexity index is 652. The second kappa shape index (κ2) is 6.71. The van der Waals surface area contributed by atoms with Crippen LogP contribution in [0.4, 0.5) is 5.69 Å². The minimum absolute atomic E-state index is 0.153. The smallest absolute Gasteiger partial charge is 0.269 e. The van der Waals surface area contributed by atoms with Crippen LogP contribution in [-0.2, 0) is 19.3 Å². The van der Waals surface area contributed by atoms with Gasteiger partial charge in [0.1, 0.15) is 0 Å². The molecule has 22 heavy (non-hydrogen) atoms. The van der Waals surface area contributed by atoms with Gasteiger partial charge in [-0.05, 0) is 48.9 Å². The summed E-state index contributed by atoms with van der Waals surface area (Å²) in [5.74, 6) is 0. The fraction of sp³-hybridized carbons (Fsp3) is 0.333. The second-order valence-electron chi connectivity index (χ2n) is 5.84. The van der Waals surface area contributed by atoms with E-state index >= 15 is 0 Å². The highest BCUT2D eigenvalue weighted by Gasteiger charge is 2.17. The van der Waals surface area contributed by atoms with Crippen LogP contribution in [0.25, 0.3) is 0 Å². The van der Waals surface area contributed by atoms with Crippen LogP contribution in [0, 0.1) is 10.1 Å². The molecule has 1 unspecified atom stereocenters. The van der Waals surface area contributed by atoms with Crippen molar-refractivity contribution in [1.29, 1.82) is 0 Å². The third-order valence-electron chi connectivity index (χ3n) is 4.34. The quantitative estimate of drug-likeness (QED) is 0.680. The lowest BCUT2D eigenvalue weighted by molar-refractivity contribution is -0.384. The van der Waals surface area contributed by atoms with E-state index < -0.39 is 0 Å². The lowest BCUT2D eigenvalue weighted by atomic mass is 9.88. The highest BCUT2D eigenvalue weighted by molar-refractivity contribution is 5.33. The molecular formula is C18H20N2O2. The summed E-state index contributed by atoms with van der Waals surface area (Å²) >= 11 is 0. The molecule has 0 bridgehead atoms. The number of rotatable bonds is 5. The van der Waals surface area contributed by atoms with Gasteiger partial charge in [0.25, 0.3) is 5.69 Å². The molecule has 0 radical (unpaired) electrons. The summed E-state index contributed by atoms with van der Waals surface area (Å²) in [6.45, 7) is 0.907. The van der Waals surface area contributed by atoms with E-state index in [1.54, 1.807) is 12.1 Å². The number of fused-ring (bicyclic) bond motifs is 1. The molecule has 1 aliphatic rings. The Labute approximate surface area is 130 Å². The van der Waals surface area contributed by atoms with Crippen molar-refractivity contribution in [2.45, 2.75) is 31.7 Å². The molecule has 0 aromatic heterocycles. The minimum atomic E-state index is -0.360. The number of non-ortho nitro benzene ring substituents is 1. The Morgan fingerprint density at radius 2 is 1.82 bits per heavy atom. The van der Waals surface area contributed by atoms with Crippen molar-refractivity contribution < 1.29 is 4.92 Å². The Kier molecular flexibility index (Phi) is 4.49. The van der Waals surface area contributed by atoms with E-state index in [9.17, 15) is 10.1 Å². The molecular weight excluding hydrogens is 276 g/mol. The number of hydrogen-bond donors (Lipinski definition) is 1. The van der Waals surface area contributed by atoms with Gasteiger partial charge in [-0.3, -0.25) is 10.1 Å². The fourth-order valence-corrected chi connectivity index (χ4v) is 3.08. The van der Waals surface area contributed by atoms with Gasteiger partial charge >= 0.3 is 0 Å². The van der Waals surface area contributed by atoms with Crippen molar-refractivity contribution >= 4 is 5.69 Å². The summed E-state index contributed by atoms with van der Waals surface area (Å²) < 4.78 is 0. The number of nitrogens with one attached hydrogen (secondary N) is 1. The van der Waals surface area contributed by atoms with Crippen LogP contribution in [-0.4, -0.2) is 17.5 Å². The van der Waals surface area contributed by atoms with E-state index in [-0.39, 0.29) is 10.6 Å². The Balaban J connectivity index is 1.49. The fourth-order valence-electron chi connectivity index (χ4n) is 3.08. The molecule has 2 aromatic rings. The number of nitrogens with zero attached hydrogens (tertiary/aromatic N) is 1. The molecule has 0 spiro atoms. The van der Waals surface area contributed by atoms with Crippen molar-refractivity contribution in [3.05, 3.63) is 75.3 Å². The zero-order valence-corrected chi connectivity index (χ0v) is 12.5. The van der Waals surface area contributed by atoms with E-state index in [4.69, 9.17) is 0 Å². The molecule has 4 nitrogen and oxygen atoms in total. The largest absolute Gasteiger partial charge is 0.313 e. The third-order valence-corrected chi connectivity index (χ3v) is 4.34. The van der Waals surface area contributed by atoms with Crippen molar-refractivity contribution in [3.63, 3.8) is 0 Å². The Morgan fingerprint density at radius 1 is 1.09 bits per heavy atom. The number of aryl methyl sites for hydroxylation is 1. The first-order valence-electron chi connectivity index (χ1n) is 7.76. The van der Waals surface area contributed by atoms with Gasteiger partial charge in [-0.25, -0.2) is 0 Å². The van der Waals surface area contributed by atoms with Gasteiger partial charge in [0, 0.05) is 18.2 Å². The van der Waals surface area contributed by atoms with Crippen LogP contribution >= 0.6 is 0 Å². The average Bonchev–Trinajstić information content (AvgIpc) is 2.55. The normalized spacial score (nSPS) is 17.0. The first kappa shape index (κ1) is 14.7. The van der Waals surface area contributed by atoms with Crippen molar-refractivity contribution in [2.75, 3.05) is 6.54 Å². The number of hydrogen-bond acceptors (Lipinski definition) is 3. The van der Waals surface area contributed by atoms with Gasteiger partial charge in [-0.15, -0.1) is 0 Å². The molecule has 1 atom stereocenters. The maximum atomic E-state index is 10.6. The molecule has 0 saturated heterocycles. The Morgan fingerprint density at radius 3 is 2.55 bits per heavy atom. The van der Waals surface area contributed by atoms with Gasteiger partial charge in [-0.1, -0.05) is 36.4 Å². The van der Waals surface area contributed by atoms with E-state index in [0.717, 1.165) is 31.4 Å². The molecule has 0 amide bonds. The number of nitro groups is 1. The predicted octanol–water partition coefficient (Wildman–Crippen LogP) is 3.28. The Hall–Kier alpha value is -2.20. The summed E-state index contributed by atoms with van der Waals surface area (Å²) in [6.07, 6.45) is 4.31. The molecule has 3 rings (SSSR count). The molecule has 0 saturated carbocycles. The summed E-state index contributed by atoms with van der Waals surface area (Å²) in [5, 5.41) is 14.2. The average molecular weight is 296 g/mol. The van der Waals surface area contributed by atoms with Crippen molar-refractivity contribution in [2.24, 2.45) is 0 Å². The standard InChI is InChI=1S/C18H20N2O2/c21-20(22)18-9-5-14(6-10-18)11-12-19-17-8-7-15-3-1-2-4-16(15)13-17/h1-6,9-10,17,19H,7-8,11-13H2. The molecule has 0 heterocycles. The third kappa shape index (κ3) is 3.52. The minimum Gasteiger partial charge on any atom is -0.313 e. The van der Waals surface area contributed by atoms with Gasteiger partial charge in [0.2, 0.25) is 0 Å². The molecule has 0 aliphatic heterocycles. The molecule has 0 fully saturated rings. The first-order chi connectivity index (χ1) is 10.7. The topological polar surface area (TPSA) is 55.2 Å². The number of nitro benzene ring substituents is 1. The zero-order valence-electron chi connectivity index (χ0n) is 12.5. The van der Waals surface area contributed by atoms with Crippen LogP contribution in [0.1, 0.15) is 23.1 Å². The van der Waals surface area contributed by atoms with Crippen LogP contribution in [0.5, 0.6) is 0 Å². The van der Waals surface area contributed by atoms with E-state index in [0.29, 0.717) is 6.04 Å². The van der Waals surface area contributed by atoms with Crippen molar-refractivity contribution in [3.8, 4) is 0 Å². The summed E-state index contributed by atoms with van der Waals surface area (Å²) in [5.41, 5.74) is 4.23. The van der Waals surface area contributed by atoms with Crippen molar-refractivity contribution in [1.82, 2.24) is 5.32 Å². The second-order valence-corrected chi connectivity index (χ2v) is 5.84. The van der Waals surface area contributed by atoms with Crippen LogP contribution in [0.3, 0.4) is 0 Å². The monoisotopic (exact) mass is 296 g/mol. The maximum Gasteiger partial charge on any atom is 0.269 e. The molecule has 4 heteroatoms. The molecule has 114 valence electrons. The SMILES string of the molecule is O=[N+]([O-])c1ccc(CCNC2CCc3ccccc3C2)cc1. The van der Waals surface area contributed by atoms with E-state index in [2.05, 4.69) is 29.6 Å². The highest BCUT2D eigenvalue weighted by Crippen LogP contribution is 2.21. The summed E-state index contributed by atoms with van der Waals surface area (Å²) in [7, 11) is 0. The predicted molar refractivity (Wildman–Crippen MR) is 87.1 cm³/mol. The summed E-state index contributed by atoms with van der Waals surface area (Å²) in [4.78, 5) is 10.3. The maximum absolute atomic E-state index is 10.6. The van der Waals surface area contributed by atoms with Crippen LogP contribution in [0.2, 0.25) is 0 Å². The summed E-state index contributed by atoms with van der Waals surface area (Å²) in [6, 6.07) is 16.0. The van der Waals surface area contributed by atoms with E-state index in [1.165, 1.54) is 17.5 Å².